The van der Waals surface area contributed by atoms with Gasteiger partial charge in [0.15, 0.2) is 10.9 Å². The molecule has 1 saturated heterocycles. The predicted molar refractivity (Wildman–Crippen MR) is 45.4 cm³/mol. The zero-order chi connectivity index (χ0) is 8.48. The van der Waals surface area contributed by atoms with Crippen molar-refractivity contribution in [3.63, 3.8) is 0 Å². The van der Waals surface area contributed by atoms with E-state index in [1.54, 1.807) is 13.0 Å². The summed E-state index contributed by atoms with van der Waals surface area (Å²) in [5, 5.41) is -0.0180. The third kappa shape index (κ3) is 1.53. The maximum atomic E-state index is 11.2. The molecular weight excluding hydrogens is 160 g/mol. The van der Waals surface area contributed by atoms with Crippen molar-refractivity contribution in [2.45, 2.75) is 25.0 Å². The molecule has 3 heteroatoms. The molecule has 1 aliphatic heterocycles. The van der Waals surface area contributed by atoms with Gasteiger partial charge in [-0.2, -0.15) is 0 Å². The summed E-state index contributed by atoms with van der Waals surface area (Å²) in [6.07, 6.45) is 3.68. The second kappa shape index (κ2) is 2.81. The summed E-state index contributed by atoms with van der Waals surface area (Å²) >= 11 is 1.13. The van der Waals surface area contributed by atoms with E-state index in [1.165, 1.54) is 0 Å². The Balaban J connectivity index is 2.87. The molecule has 11 heavy (non-hydrogen) atoms. The number of ketones is 1. The Labute approximate surface area is 70.0 Å². The van der Waals surface area contributed by atoms with Gasteiger partial charge in [0, 0.05) is 0 Å². The van der Waals surface area contributed by atoms with Crippen molar-refractivity contribution >= 4 is 22.7 Å². The number of allylic oxidation sites excluding steroid dienone is 1. The van der Waals surface area contributed by atoms with Gasteiger partial charge in [0.2, 0.25) is 0 Å². The van der Waals surface area contributed by atoms with Crippen molar-refractivity contribution in [3.05, 3.63) is 12.2 Å². The highest BCUT2D eigenvalue weighted by atomic mass is 32.2. The minimum absolute atomic E-state index is 0.0180. The Morgan fingerprint density at radius 1 is 1.55 bits per heavy atom. The van der Waals surface area contributed by atoms with Crippen molar-refractivity contribution < 1.29 is 9.59 Å². The van der Waals surface area contributed by atoms with Gasteiger partial charge in [-0.05, 0) is 13.8 Å². The van der Waals surface area contributed by atoms with E-state index in [0.29, 0.717) is 0 Å². The van der Waals surface area contributed by atoms with Crippen LogP contribution in [0.4, 0.5) is 0 Å². The van der Waals surface area contributed by atoms with Crippen molar-refractivity contribution in [2.75, 3.05) is 0 Å². The summed E-state index contributed by atoms with van der Waals surface area (Å²) in [5.74, 6) is 0.0191. The van der Waals surface area contributed by atoms with Crippen LogP contribution in [0.1, 0.15) is 20.3 Å². The summed E-state index contributed by atoms with van der Waals surface area (Å²) in [6.45, 7) is 3.63. The molecule has 1 atom stereocenters. The highest BCUT2D eigenvalue weighted by Gasteiger charge is 2.40. The molecule has 0 aromatic heterocycles. The lowest BCUT2D eigenvalue weighted by Crippen LogP contribution is -2.22. The van der Waals surface area contributed by atoms with E-state index >= 15 is 0 Å². The molecule has 0 spiro atoms. The molecule has 1 aliphatic rings. The lowest BCUT2D eigenvalue weighted by atomic mass is 10.0. The maximum Gasteiger partial charge on any atom is 0.197 e. The van der Waals surface area contributed by atoms with Crippen molar-refractivity contribution in [2.24, 2.45) is 0 Å². The minimum atomic E-state index is -0.578. The molecule has 0 unspecified atom stereocenters. The SMILES string of the molecule is C/C=C/[C@]1(C)SC(=O)CC1=O. The third-order valence-corrected chi connectivity index (χ3v) is 2.83. The quantitative estimate of drug-likeness (QED) is 0.442. The summed E-state index contributed by atoms with van der Waals surface area (Å²) in [4.78, 5) is 22.1. The van der Waals surface area contributed by atoms with Gasteiger partial charge < -0.3 is 0 Å². The summed E-state index contributed by atoms with van der Waals surface area (Å²) in [5.41, 5.74) is 0. The predicted octanol–water partition coefficient (Wildman–Crippen LogP) is 1.55. The van der Waals surface area contributed by atoms with E-state index in [1.807, 2.05) is 13.0 Å². The van der Waals surface area contributed by atoms with Crippen LogP contribution in [0.3, 0.4) is 0 Å². The first-order chi connectivity index (χ1) is 5.08. The zero-order valence-electron chi connectivity index (χ0n) is 6.59. The average molecular weight is 170 g/mol. The van der Waals surface area contributed by atoms with Gasteiger partial charge in [-0.1, -0.05) is 23.9 Å². The molecule has 0 amide bonds. The molecule has 1 fully saturated rings. The van der Waals surface area contributed by atoms with Crippen LogP contribution >= 0.6 is 11.8 Å². The Bertz CT molecular complexity index is 232. The van der Waals surface area contributed by atoms with Crippen molar-refractivity contribution in [3.8, 4) is 0 Å². The second-order valence-corrected chi connectivity index (χ2v) is 4.19. The molecule has 0 aromatic rings. The normalized spacial score (nSPS) is 32.2. The van der Waals surface area contributed by atoms with Gasteiger partial charge in [-0.3, -0.25) is 9.59 Å². The van der Waals surface area contributed by atoms with Crippen molar-refractivity contribution in [1.29, 1.82) is 0 Å². The number of carbonyl (C=O) groups is 2. The van der Waals surface area contributed by atoms with Gasteiger partial charge in [0.1, 0.15) is 0 Å². The van der Waals surface area contributed by atoms with Crippen LogP contribution in [0.2, 0.25) is 0 Å². The maximum absolute atomic E-state index is 11.2. The average Bonchev–Trinajstić information content (AvgIpc) is 2.08. The highest BCUT2D eigenvalue weighted by molar-refractivity contribution is 8.16. The molecule has 1 heterocycles. The van der Waals surface area contributed by atoms with Crippen LogP contribution in [0.5, 0.6) is 0 Å². The second-order valence-electron chi connectivity index (χ2n) is 2.68. The molecule has 2 nitrogen and oxygen atoms in total. The Morgan fingerprint density at radius 2 is 2.18 bits per heavy atom. The van der Waals surface area contributed by atoms with Crippen LogP contribution in [-0.4, -0.2) is 15.6 Å². The monoisotopic (exact) mass is 170 g/mol. The van der Waals surface area contributed by atoms with E-state index in [0.717, 1.165) is 11.8 Å². The largest absolute Gasteiger partial charge is 0.297 e. The molecule has 0 radical (unpaired) electrons. The lowest BCUT2D eigenvalue weighted by molar-refractivity contribution is -0.122. The Morgan fingerprint density at radius 3 is 2.55 bits per heavy atom. The Hall–Kier alpha value is -0.570. The fourth-order valence-corrected chi connectivity index (χ4v) is 2.15. The number of hydrogen-bond donors (Lipinski definition) is 0. The highest BCUT2D eigenvalue weighted by Crippen LogP contribution is 2.36. The van der Waals surface area contributed by atoms with E-state index in [9.17, 15) is 9.59 Å². The summed E-state index contributed by atoms with van der Waals surface area (Å²) in [6, 6.07) is 0. The molecule has 60 valence electrons. The van der Waals surface area contributed by atoms with Gasteiger partial charge in [0.25, 0.3) is 0 Å². The van der Waals surface area contributed by atoms with Gasteiger partial charge in [-0.15, -0.1) is 0 Å². The smallest absolute Gasteiger partial charge is 0.197 e. The van der Waals surface area contributed by atoms with E-state index < -0.39 is 4.75 Å². The lowest BCUT2D eigenvalue weighted by Gasteiger charge is -2.12. The first kappa shape index (κ1) is 8.53. The Kier molecular flexibility index (Phi) is 2.18. The minimum Gasteiger partial charge on any atom is -0.297 e. The van der Waals surface area contributed by atoms with Crippen molar-refractivity contribution in [1.82, 2.24) is 0 Å². The standard InChI is InChI=1S/C8H10O2S/c1-3-4-8(2)6(9)5-7(10)11-8/h3-4H,5H2,1-2H3/b4-3+/t8-/m0/s1. The summed E-state index contributed by atoms with van der Waals surface area (Å²) in [7, 11) is 0. The molecule has 0 aromatic carbocycles. The van der Waals surface area contributed by atoms with Gasteiger partial charge in [0.05, 0.1) is 11.2 Å². The molecule has 0 N–H and O–H groups in total. The summed E-state index contributed by atoms with van der Waals surface area (Å²) < 4.78 is -0.578. The van der Waals surface area contributed by atoms with Crippen LogP contribution in [0.25, 0.3) is 0 Å². The van der Waals surface area contributed by atoms with Crippen LogP contribution < -0.4 is 0 Å². The number of Topliss-reactive ketones (excluding diaryl/α,β-unsaturated/α-hetero) is 1. The van der Waals surface area contributed by atoms with Gasteiger partial charge in [-0.25, -0.2) is 0 Å². The van der Waals surface area contributed by atoms with Gasteiger partial charge >= 0.3 is 0 Å². The molecular formula is C8H10O2S. The third-order valence-electron chi connectivity index (χ3n) is 1.67. The zero-order valence-corrected chi connectivity index (χ0v) is 7.40. The molecule has 1 rings (SSSR count). The number of hydrogen-bond acceptors (Lipinski definition) is 3. The van der Waals surface area contributed by atoms with Crippen LogP contribution in [0.15, 0.2) is 12.2 Å². The fourth-order valence-electron chi connectivity index (χ4n) is 1.08. The number of rotatable bonds is 1. The first-order valence-electron chi connectivity index (χ1n) is 3.47. The fraction of sp³-hybridized carbons (Fsp3) is 0.500. The van der Waals surface area contributed by atoms with Crippen LogP contribution in [-0.2, 0) is 9.59 Å². The topological polar surface area (TPSA) is 34.1 Å². The first-order valence-corrected chi connectivity index (χ1v) is 4.29. The van der Waals surface area contributed by atoms with E-state index in [2.05, 4.69) is 0 Å². The van der Waals surface area contributed by atoms with Crippen LogP contribution in [0, 0.1) is 0 Å². The van der Waals surface area contributed by atoms with E-state index in [-0.39, 0.29) is 17.3 Å². The molecule has 0 bridgehead atoms. The number of thioether (sulfide) groups is 1. The molecule has 0 aliphatic carbocycles. The molecule has 0 saturated carbocycles. The van der Waals surface area contributed by atoms with E-state index in [4.69, 9.17) is 0 Å². The number of carbonyl (C=O) groups excluding carboxylic acids is 2.